The molecule has 1 fully saturated rings. The van der Waals surface area contributed by atoms with E-state index < -0.39 is 48.2 Å². The molecule has 4 aromatic rings. The molecular formula is C27H23F4N7O2. The van der Waals surface area contributed by atoms with Gasteiger partial charge in [-0.1, -0.05) is 32.0 Å². The molecule has 2 atom stereocenters. The number of alkyl halides is 3. The number of hydrogen-bond acceptors (Lipinski definition) is 7. The number of aromatic nitrogens is 5. The van der Waals surface area contributed by atoms with Crippen molar-refractivity contribution in [3.8, 4) is 11.5 Å². The number of hydrogen-bond donors (Lipinski definition) is 1. The van der Waals surface area contributed by atoms with E-state index in [2.05, 4.69) is 25.4 Å². The van der Waals surface area contributed by atoms with Gasteiger partial charge < -0.3 is 10.1 Å². The lowest BCUT2D eigenvalue weighted by Gasteiger charge is -2.27. The summed E-state index contributed by atoms with van der Waals surface area (Å²) in [7, 11) is 0. The normalized spacial score (nSPS) is 20.1. The quantitative estimate of drug-likeness (QED) is 0.291. The van der Waals surface area contributed by atoms with Crippen LogP contribution in [0.25, 0.3) is 22.6 Å². The second-order valence-corrected chi connectivity index (χ2v) is 10.5. The third-order valence-electron chi connectivity index (χ3n) is 7.58. The maximum atomic E-state index is 14.4. The van der Waals surface area contributed by atoms with E-state index in [0.29, 0.717) is 28.4 Å². The van der Waals surface area contributed by atoms with Gasteiger partial charge in [-0.25, -0.2) is 24.0 Å². The van der Waals surface area contributed by atoms with Crippen molar-refractivity contribution in [2.75, 3.05) is 16.8 Å². The summed E-state index contributed by atoms with van der Waals surface area (Å²) in [6.45, 7) is 2.93. The molecular weight excluding hydrogens is 530 g/mol. The molecule has 5 heterocycles. The highest BCUT2D eigenvalue weighted by molar-refractivity contribution is 5.98. The molecule has 1 N–H and O–H groups in total. The minimum Gasteiger partial charge on any atom is -0.359 e. The molecule has 2 aliphatic rings. The Labute approximate surface area is 225 Å². The Morgan fingerprint density at radius 1 is 1.15 bits per heavy atom. The van der Waals surface area contributed by atoms with E-state index in [1.807, 2.05) is 0 Å². The fourth-order valence-electron chi connectivity index (χ4n) is 5.34. The van der Waals surface area contributed by atoms with Gasteiger partial charge in [0.25, 0.3) is 0 Å². The van der Waals surface area contributed by atoms with Gasteiger partial charge in [-0.05, 0) is 18.2 Å². The van der Waals surface area contributed by atoms with E-state index in [0.717, 1.165) is 4.90 Å². The van der Waals surface area contributed by atoms with Gasteiger partial charge in [0.1, 0.15) is 29.4 Å². The van der Waals surface area contributed by atoms with E-state index in [1.54, 1.807) is 50.4 Å². The number of fused-ring (bicyclic) bond motifs is 2. The number of nitrogens with zero attached hydrogens (tertiary/aromatic N) is 6. The summed E-state index contributed by atoms with van der Waals surface area (Å²) in [6, 6.07) is 8.89. The molecule has 1 aromatic carbocycles. The molecule has 13 heteroatoms. The molecule has 0 saturated carbocycles. The third-order valence-corrected chi connectivity index (χ3v) is 7.58. The van der Waals surface area contributed by atoms with Crippen LogP contribution in [0.15, 0.2) is 42.6 Å². The van der Waals surface area contributed by atoms with E-state index in [9.17, 15) is 27.2 Å². The van der Waals surface area contributed by atoms with E-state index in [4.69, 9.17) is 0 Å². The number of rotatable bonds is 5. The molecule has 0 bridgehead atoms. The van der Waals surface area contributed by atoms with Gasteiger partial charge in [0, 0.05) is 35.7 Å². The second kappa shape index (κ2) is 9.07. The molecule has 206 valence electrons. The Hall–Kier alpha value is -4.42. The Balaban J connectivity index is 1.53. The number of nitrogens with one attached hydrogen (secondary N) is 1. The summed E-state index contributed by atoms with van der Waals surface area (Å²) in [5.41, 5.74) is 0.488. The van der Waals surface area contributed by atoms with Crippen molar-refractivity contribution in [2.24, 2.45) is 5.92 Å². The van der Waals surface area contributed by atoms with E-state index in [-0.39, 0.29) is 29.7 Å². The van der Waals surface area contributed by atoms with Crippen LogP contribution in [0.3, 0.4) is 0 Å². The fourth-order valence-corrected chi connectivity index (χ4v) is 5.34. The Kier molecular flexibility index (Phi) is 5.86. The van der Waals surface area contributed by atoms with Crippen molar-refractivity contribution >= 4 is 34.9 Å². The van der Waals surface area contributed by atoms with Gasteiger partial charge in [0.2, 0.25) is 5.91 Å². The number of aldehydes is 1. The zero-order valence-corrected chi connectivity index (χ0v) is 21.4. The average Bonchev–Trinajstić information content (AvgIpc) is 3.56. The molecule has 1 amide bonds. The average molecular weight is 554 g/mol. The van der Waals surface area contributed by atoms with E-state index >= 15 is 0 Å². The van der Waals surface area contributed by atoms with Gasteiger partial charge in [-0.3, -0.25) is 9.69 Å². The molecule has 6 rings (SSSR count). The molecule has 2 aliphatic heterocycles. The Morgan fingerprint density at radius 2 is 1.93 bits per heavy atom. The standard InChI is InChI=1S/C27H23F4N7O2/c1-26(2)18(13-39)33-22-20(26)25(37-12-15(10-19(37)40)27(29,30)31)35-23(34-22)21-16-7-5-9-32-24(16)38(36-21)11-14-6-3-4-8-17(14)28/h3-9,13,15,18H,10-12H2,1-2H3,(H,33,34,35). The number of anilines is 2. The first-order valence-electron chi connectivity index (χ1n) is 12.6. The van der Waals surface area contributed by atoms with Crippen LogP contribution < -0.4 is 10.2 Å². The summed E-state index contributed by atoms with van der Waals surface area (Å²) in [5, 5.41) is 8.17. The predicted octanol–water partition coefficient (Wildman–Crippen LogP) is 4.26. The second-order valence-electron chi connectivity index (χ2n) is 10.5. The Morgan fingerprint density at radius 3 is 2.62 bits per heavy atom. The lowest BCUT2D eigenvalue weighted by Crippen LogP contribution is -2.36. The van der Waals surface area contributed by atoms with Crippen LogP contribution in [0, 0.1) is 11.7 Å². The smallest absolute Gasteiger partial charge is 0.359 e. The van der Waals surface area contributed by atoms with Crippen LogP contribution in [0.4, 0.5) is 29.2 Å². The van der Waals surface area contributed by atoms with Crippen LogP contribution in [-0.4, -0.2) is 55.7 Å². The number of carbonyl (C=O) groups excluding carboxylic acids is 2. The van der Waals surface area contributed by atoms with Crippen molar-refractivity contribution in [1.29, 1.82) is 0 Å². The summed E-state index contributed by atoms with van der Waals surface area (Å²) >= 11 is 0. The number of carbonyl (C=O) groups is 2. The predicted molar refractivity (Wildman–Crippen MR) is 137 cm³/mol. The molecule has 40 heavy (non-hydrogen) atoms. The van der Waals surface area contributed by atoms with Gasteiger partial charge in [-0.2, -0.15) is 18.3 Å². The molecule has 9 nitrogen and oxygen atoms in total. The minimum absolute atomic E-state index is 0.000654. The highest BCUT2D eigenvalue weighted by atomic mass is 19.4. The number of pyridine rings is 1. The molecule has 1 saturated heterocycles. The fraction of sp³-hybridized carbons (Fsp3) is 0.333. The van der Waals surface area contributed by atoms with Crippen molar-refractivity contribution in [3.63, 3.8) is 0 Å². The molecule has 2 unspecified atom stereocenters. The molecule has 0 radical (unpaired) electrons. The topological polar surface area (TPSA) is 106 Å². The van der Waals surface area contributed by atoms with Crippen LogP contribution >= 0.6 is 0 Å². The van der Waals surface area contributed by atoms with Crippen LogP contribution in [0.2, 0.25) is 0 Å². The largest absolute Gasteiger partial charge is 0.394 e. The maximum Gasteiger partial charge on any atom is 0.394 e. The van der Waals surface area contributed by atoms with Gasteiger partial charge in [0.05, 0.1) is 23.9 Å². The zero-order chi connectivity index (χ0) is 28.4. The summed E-state index contributed by atoms with van der Waals surface area (Å²) < 4.78 is 56.7. The molecule has 3 aromatic heterocycles. The summed E-state index contributed by atoms with van der Waals surface area (Å²) in [6.07, 6.45) is -3.01. The summed E-state index contributed by atoms with van der Waals surface area (Å²) in [5.74, 6) is -2.74. The van der Waals surface area contributed by atoms with Crippen LogP contribution in [0.1, 0.15) is 31.4 Å². The number of halogens is 4. The lowest BCUT2D eigenvalue weighted by atomic mass is 9.81. The SMILES string of the molecule is CC1(C)c2c(nc(-c3nn(Cc4ccccc4F)c4ncccc34)nc2N2CC(C(F)(F)F)CC2=O)NC1C=O. The highest BCUT2D eigenvalue weighted by Gasteiger charge is 2.51. The zero-order valence-electron chi connectivity index (χ0n) is 21.4. The van der Waals surface area contributed by atoms with E-state index in [1.165, 1.54) is 10.7 Å². The van der Waals surface area contributed by atoms with Crippen molar-refractivity contribution < 1.29 is 27.2 Å². The monoisotopic (exact) mass is 553 g/mol. The summed E-state index contributed by atoms with van der Waals surface area (Å²) in [4.78, 5) is 39.5. The van der Waals surface area contributed by atoms with Crippen LogP contribution in [0.5, 0.6) is 0 Å². The third kappa shape index (κ3) is 4.07. The maximum absolute atomic E-state index is 14.4. The first-order valence-corrected chi connectivity index (χ1v) is 12.6. The van der Waals surface area contributed by atoms with Gasteiger partial charge in [-0.15, -0.1) is 0 Å². The van der Waals surface area contributed by atoms with Crippen molar-refractivity contribution in [1.82, 2.24) is 24.7 Å². The highest BCUT2D eigenvalue weighted by Crippen LogP contribution is 2.47. The Bertz CT molecular complexity index is 1670. The van der Waals surface area contributed by atoms with Crippen molar-refractivity contribution in [2.45, 2.75) is 44.4 Å². The minimum atomic E-state index is -4.56. The first kappa shape index (κ1) is 25.8. The molecule has 0 spiro atoms. The lowest BCUT2D eigenvalue weighted by molar-refractivity contribution is -0.169. The molecule has 0 aliphatic carbocycles. The van der Waals surface area contributed by atoms with Gasteiger partial charge in [0.15, 0.2) is 11.5 Å². The number of benzene rings is 1. The van der Waals surface area contributed by atoms with Crippen LogP contribution in [-0.2, 0) is 21.5 Å². The van der Waals surface area contributed by atoms with Gasteiger partial charge >= 0.3 is 6.18 Å². The first-order chi connectivity index (χ1) is 19.0. The number of amides is 1. The van der Waals surface area contributed by atoms with Crippen molar-refractivity contribution in [3.05, 3.63) is 59.5 Å².